The minimum atomic E-state index is -2.92. The van der Waals surface area contributed by atoms with Crippen molar-refractivity contribution in [1.29, 1.82) is 0 Å². The van der Waals surface area contributed by atoms with Crippen LogP contribution in [-0.2, 0) is 14.6 Å². The number of amides is 1. The van der Waals surface area contributed by atoms with E-state index in [4.69, 9.17) is 4.74 Å². The van der Waals surface area contributed by atoms with Crippen molar-refractivity contribution in [3.05, 3.63) is 0 Å². The number of likely N-dealkylation sites (tertiary alicyclic amines) is 1. The van der Waals surface area contributed by atoms with Gasteiger partial charge in [-0.05, 0) is 6.92 Å². The number of carbonyl (C=O) groups excluding carboxylic acids is 1. The lowest BCUT2D eigenvalue weighted by atomic mass is 10.0. The van der Waals surface area contributed by atoms with Gasteiger partial charge in [0, 0.05) is 25.3 Å². The number of nitrogens with zero attached hydrogens (tertiary/aromatic N) is 1. The molecule has 82 valence electrons. The van der Waals surface area contributed by atoms with E-state index in [9.17, 15) is 13.2 Å². The van der Waals surface area contributed by atoms with Gasteiger partial charge in [0.05, 0.1) is 12.4 Å². The van der Waals surface area contributed by atoms with Gasteiger partial charge < -0.3 is 9.64 Å². The maximum absolute atomic E-state index is 11.1. The van der Waals surface area contributed by atoms with Gasteiger partial charge in [0.15, 0.2) is 0 Å². The summed E-state index contributed by atoms with van der Waals surface area (Å²) in [6, 6.07) is 0. The third kappa shape index (κ3) is 3.17. The summed E-state index contributed by atoms with van der Waals surface area (Å²) in [7, 11) is -2.92. The minimum absolute atomic E-state index is 0.0782. The van der Waals surface area contributed by atoms with Gasteiger partial charge in [-0.2, -0.15) is 0 Å². The number of hydrogen-bond acceptors (Lipinski definition) is 4. The van der Waals surface area contributed by atoms with Crippen LogP contribution in [-0.4, -0.2) is 51.1 Å². The molecule has 0 saturated carbocycles. The van der Waals surface area contributed by atoms with Gasteiger partial charge in [0.1, 0.15) is 9.84 Å². The summed E-state index contributed by atoms with van der Waals surface area (Å²) in [6.07, 6.45) is 0.859. The van der Waals surface area contributed by atoms with Crippen LogP contribution in [0.3, 0.4) is 0 Å². The van der Waals surface area contributed by atoms with Crippen LogP contribution in [0.15, 0.2) is 0 Å². The smallest absolute Gasteiger partial charge is 0.409 e. The van der Waals surface area contributed by atoms with Gasteiger partial charge in [-0.1, -0.05) is 0 Å². The van der Waals surface area contributed by atoms with Crippen LogP contribution in [0.1, 0.15) is 6.92 Å². The first-order valence-electron chi connectivity index (χ1n) is 4.52. The molecule has 0 N–H and O–H groups in total. The highest BCUT2D eigenvalue weighted by molar-refractivity contribution is 7.90. The van der Waals surface area contributed by atoms with Crippen molar-refractivity contribution in [2.45, 2.75) is 6.92 Å². The molecule has 0 radical (unpaired) electrons. The minimum Gasteiger partial charge on any atom is -0.450 e. The van der Waals surface area contributed by atoms with Crippen molar-refractivity contribution in [1.82, 2.24) is 4.90 Å². The summed E-state index contributed by atoms with van der Waals surface area (Å²) in [5.41, 5.74) is 0. The molecule has 1 rings (SSSR count). The van der Waals surface area contributed by atoms with Crippen LogP contribution in [0, 0.1) is 5.92 Å². The molecule has 1 saturated heterocycles. The first-order chi connectivity index (χ1) is 6.42. The van der Waals surface area contributed by atoms with E-state index in [-0.39, 0.29) is 17.8 Å². The summed E-state index contributed by atoms with van der Waals surface area (Å²) in [6.45, 7) is 3.08. The highest BCUT2D eigenvalue weighted by Gasteiger charge is 2.33. The van der Waals surface area contributed by atoms with E-state index < -0.39 is 9.84 Å². The van der Waals surface area contributed by atoms with E-state index in [2.05, 4.69) is 0 Å². The Hall–Kier alpha value is -0.780. The lowest BCUT2D eigenvalue weighted by molar-refractivity contribution is 0.0628. The second kappa shape index (κ2) is 4.16. The Kier molecular flexibility index (Phi) is 3.36. The van der Waals surface area contributed by atoms with E-state index >= 15 is 0 Å². The Morgan fingerprint density at radius 2 is 2.07 bits per heavy atom. The number of hydrogen-bond donors (Lipinski definition) is 0. The van der Waals surface area contributed by atoms with Crippen molar-refractivity contribution < 1.29 is 17.9 Å². The van der Waals surface area contributed by atoms with Crippen molar-refractivity contribution >= 4 is 15.9 Å². The van der Waals surface area contributed by atoms with E-state index in [1.165, 1.54) is 11.2 Å². The molecule has 1 fully saturated rings. The molecule has 5 nitrogen and oxygen atoms in total. The number of sulfone groups is 1. The SMILES string of the molecule is CCOC(=O)N1CC(CS(C)(=O)=O)C1. The largest absolute Gasteiger partial charge is 0.450 e. The highest BCUT2D eigenvalue weighted by Crippen LogP contribution is 2.17. The first-order valence-corrected chi connectivity index (χ1v) is 6.58. The van der Waals surface area contributed by atoms with Gasteiger partial charge >= 0.3 is 6.09 Å². The van der Waals surface area contributed by atoms with Crippen LogP contribution >= 0.6 is 0 Å². The highest BCUT2D eigenvalue weighted by atomic mass is 32.2. The van der Waals surface area contributed by atoms with Gasteiger partial charge in [0.25, 0.3) is 0 Å². The Balaban J connectivity index is 2.27. The molecule has 6 heteroatoms. The van der Waals surface area contributed by atoms with E-state index in [1.54, 1.807) is 6.92 Å². The lowest BCUT2D eigenvalue weighted by Gasteiger charge is -2.37. The molecule has 0 spiro atoms. The lowest BCUT2D eigenvalue weighted by Crippen LogP contribution is -2.52. The first kappa shape index (κ1) is 11.3. The monoisotopic (exact) mass is 221 g/mol. The predicted octanol–water partition coefficient (Wildman–Crippen LogP) is 0.119. The molecule has 14 heavy (non-hydrogen) atoms. The molecule has 0 aromatic rings. The Morgan fingerprint density at radius 3 is 2.50 bits per heavy atom. The Bertz CT molecular complexity index is 305. The third-order valence-electron chi connectivity index (χ3n) is 2.02. The fourth-order valence-corrected chi connectivity index (χ4v) is 2.53. The fourth-order valence-electron chi connectivity index (χ4n) is 1.47. The zero-order chi connectivity index (χ0) is 10.8. The molecule has 0 aromatic carbocycles. The molecule has 0 unspecified atom stereocenters. The topological polar surface area (TPSA) is 63.7 Å². The molecule has 1 heterocycles. The second-order valence-electron chi connectivity index (χ2n) is 3.56. The maximum atomic E-state index is 11.1. The van der Waals surface area contributed by atoms with Gasteiger partial charge in [0.2, 0.25) is 0 Å². The third-order valence-corrected chi connectivity index (χ3v) is 3.10. The summed E-state index contributed by atoms with van der Waals surface area (Å²) < 4.78 is 26.6. The van der Waals surface area contributed by atoms with Crippen LogP contribution in [0.25, 0.3) is 0 Å². The molecule has 0 bridgehead atoms. The normalized spacial score (nSPS) is 17.7. The zero-order valence-electron chi connectivity index (χ0n) is 8.39. The second-order valence-corrected chi connectivity index (χ2v) is 5.75. The Labute approximate surface area is 83.9 Å². The average molecular weight is 221 g/mol. The number of ether oxygens (including phenoxy) is 1. The molecular weight excluding hydrogens is 206 g/mol. The van der Waals surface area contributed by atoms with Crippen LogP contribution in [0.4, 0.5) is 4.79 Å². The van der Waals surface area contributed by atoms with Crippen molar-refractivity contribution in [2.75, 3.05) is 31.7 Å². The summed E-state index contributed by atoms with van der Waals surface area (Å²) in [5, 5.41) is 0. The standard InChI is InChI=1S/C8H15NO4S/c1-3-13-8(10)9-4-7(5-9)6-14(2,11)12/h7H,3-6H2,1-2H3. The van der Waals surface area contributed by atoms with Gasteiger partial charge in [-0.25, -0.2) is 13.2 Å². The van der Waals surface area contributed by atoms with Crippen molar-refractivity contribution in [3.8, 4) is 0 Å². The molecule has 1 aliphatic rings. The summed E-state index contributed by atoms with van der Waals surface area (Å²) >= 11 is 0. The predicted molar refractivity (Wildman–Crippen MR) is 51.8 cm³/mol. The molecule has 0 atom stereocenters. The van der Waals surface area contributed by atoms with Gasteiger partial charge in [-0.3, -0.25) is 0 Å². The Morgan fingerprint density at radius 1 is 1.50 bits per heavy atom. The van der Waals surface area contributed by atoms with Crippen molar-refractivity contribution in [3.63, 3.8) is 0 Å². The van der Waals surface area contributed by atoms with E-state index in [0.29, 0.717) is 19.7 Å². The molecule has 0 aromatic heterocycles. The maximum Gasteiger partial charge on any atom is 0.409 e. The number of carbonyl (C=O) groups is 1. The summed E-state index contributed by atoms with van der Waals surface area (Å²) in [5.74, 6) is 0.234. The quantitative estimate of drug-likeness (QED) is 0.679. The average Bonchev–Trinajstić information content (AvgIpc) is 1.94. The van der Waals surface area contributed by atoms with E-state index in [0.717, 1.165) is 0 Å². The van der Waals surface area contributed by atoms with Crippen LogP contribution < -0.4 is 0 Å². The molecule has 0 aliphatic carbocycles. The van der Waals surface area contributed by atoms with Crippen LogP contribution in [0.2, 0.25) is 0 Å². The number of rotatable bonds is 3. The van der Waals surface area contributed by atoms with Gasteiger partial charge in [-0.15, -0.1) is 0 Å². The van der Waals surface area contributed by atoms with Crippen LogP contribution in [0.5, 0.6) is 0 Å². The van der Waals surface area contributed by atoms with Crippen molar-refractivity contribution in [2.24, 2.45) is 5.92 Å². The summed E-state index contributed by atoms with van der Waals surface area (Å²) in [4.78, 5) is 12.6. The van der Waals surface area contributed by atoms with E-state index in [1.807, 2.05) is 0 Å². The molecular formula is C8H15NO4S. The molecule has 1 amide bonds. The molecule has 1 aliphatic heterocycles. The zero-order valence-corrected chi connectivity index (χ0v) is 9.21. The fraction of sp³-hybridized carbons (Fsp3) is 0.875.